The molecular formula is C16H17N3O3S. The number of anilines is 1. The van der Waals surface area contributed by atoms with E-state index in [9.17, 15) is 5.11 Å². The number of hydrogen-bond acceptors (Lipinski definition) is 5. The zero-order valence-electron chi connectivity index (χ0n) is 12.7. The van der Waals surface area contributed by atoms with Gasteiger partial charge in [0, 0.05) is 11.3 Å². The second-order valence-corrected chi connectivity index (χ2v) is 4.86. The largest absolute Gasteiger partial charge is 0.504 e. The van der Waals surface area contributed by atoms with E-state index in [1.807, 2.05) is 24.3 Å². The quantitative estimate of drug-likeness (QED) is 0.444. The van der Waals surface area contributed by atoms with Crippen LogP contribution in [0.3, 0.4) is 0 Å². The Morgan fingerprint density at radius 3 is 2.52 bits per heavy atom. The number of rotatable bonds is 5. The van der Waals surface area contributed by atoms with Crippen LogP contribution in [0.15, 0.2) is 47.6 Å². The summed E-state index contributed by atoms with van der Waals surface area (Å²) < 4.78 is 10.1. The molecule has 7 heteroatoms. The fourth-order valence-corrected chi connectivity index (χ4v) is 1.97. The molecule has 0 aliphatic rings. The molecule has 0 bridgehead atoms. The average molecular weight is 331 g/mol. The predicted octanol–water partition coefficient (Wildman–Crippen LogP) is 2.73. The molecule has 0 radical (unpaired) electrons. The number of hydrogen-bond donors (Lipinski definition) is 3. The van der Waals surface area contributed by atoms with Gasteiger partial charge >= 0.3 is 0 Å². The second kappa shape index (κ2) is 8.00. The molecule has 0 aliphatic heterocycles. The van der Waals surface area contributed by atoms with Crippen molar-refractivity contribution in [3.8, 4) is 17.2 Å². The van der Waals surface area contributed by atoms with Crippen LogP contribution in [0, 0.1) is 0 Å². The number of phenolic OH excluding ortho intramolecular Hbond substituents is 1. The number of para-hydroxylation sites is 1. The lowest BCUT2D eigenvalue weighted by atomic mass is 10.2. The van der Waals surface area contributed by atoms with Crippen LogP contribution in [0.5, 0.6) is 17.2 Å². The van der Waals surface area contributed by atoms with E-state index in [4.69, 9.17) is 21.7 Å². The van der Waals surface area contributed by atoms with Crippen molar-refractivity contribution in [2.45, 2.75) is 0 Å². The van der Waals surface area contributed by atoms with Crippen molar-refractivity contribution in [3.63, 3.8) is 0 Å². The Morgan fingerprint density at radius 2 is 1.87 bits per heavy atom. The number of thiocarbonyl (C=S) groups is 1. The third kappa shape index (κ3) is 4.58. The predicted molar refractivity (Wildman–Crippen MR) is 94.6 cm³/mol. The Kier molecular flexibility index (Phi) is 5.76. The highest BCUT2D eigenvalue weighted by Gasteiger charge is 2.04. The number of aromatic hydroxyl groups is 1. The van der Waals surface area contributed by atoms with Crippen LogP contribution in [0.1, 0.15) is 5.56 Å². The summed E-state index contributed by atoms with van der Waals surface area (Å²) in [6, 6.07) is 12.5. The maximum absolute atomic E-state index is 9.93. The molecule has 6 nitrogen and oxygen atoms in total. The second-order valence-electron chi connectivity index (χ2n) is 4.45. The Morgan fingerprint density at radius 1 is 1.13 bits per heavy atom. The van der Waals surface area contributed by atoms with Crippen molar-refractivity contribution in [1.82, 2.24) is 5.43 Å². The maximum Gasteiger partial charge on any atom is 0.191 e. The summed E-state index contributed by atoms with van der Waals surface area (Å²) in [5, 5.41) is 17.2. The number of ether oxygens (including phenoxy) is 2. The number of nitrogens with one attached hydrogen (secondary N) is 2. The molecule has 0 saturated carbocycles. The maximum atomic E-state index is 9.93. The van der Waals surface area contributed by atoms with E-state index in [-0.39, 0.29) is 5.75 Å². The molecular weight excluding hydrogens is 314 g/mol. The third-order valence-electron chi connectivity index (χ3n) is 2.97. The Balaban J connectivity index is 1.93. The highest BCUT2D eigenvalue weighted by atomic mass is 32.1. The van der Waals surface area contributed by atoms with Gasteiger partial charge in [-0.2, -0.15) is 5.10 Å². The molecule has 23 heavy (non-hydrogen) atoms. The smallest absolute Gasteiger partial charge is 0.191 e. The van der Waals surface area contributed by atoms with Crippen LogP contribution in [0.25, 0.3) is 0 Å². The summed E-state index contributed by atoms with van der Waals surface area (Å²) in [5.41, 5.74) is 4.01. The minimum absolute atomic E-state index is 0.0228. The van der Waals surface area contributed by atoms with Gasteiger partial charge in [-0.15, -0.1) is 0 Å². The fourth-order valence-electron chi connectivity index (χ4n) is 1.80. The minimum atomic E-state index is 0.0228. The van der Waals surface area contributed by atoms with E-state index in [1.54, 1.807) is 25.3 Å². The minimum Gasteiger partial charge on any atom is -0.504 e. The standard InChI is InChI=1S/C16H17N3O3S/c1-21-13-8-6-12(7-9-13)18-16(23)19-17-10-11-4-3-5-14(22-2)15(11)20/h3-10,20H,1-2H3,(H2,18,19,23)/b17-10+. The van der Waals surface area contributed by atoms with E-state index < -0.39 is 0 Å². The molecule has 3 N–H and O–H groups in total. The summed E-state index contributed by atoms with van der Waals surface area (Å²) in [6.45, 7) is 0. The summed E-state index contributed by atoms with van der Waals surface area (Å²) in [6.07, 6.45) is 1.46. The first-order chi connectivity index (χ1) is 11.1. The number of hydrazone groups is 1. The van der Waals surface area contributed by atoms with E-state index >= 15 is 0 Å². The van der Waals surface area contributed by atoms with Crippen LogP contribution in [0.2, 0.25) is 0 Å². The van der Waals surface area contributed by atoms with Crippen LogP contribution in [0.4, 0.5) is 5.69 Å². The van der Waals surface area contributed by atoms with E-state index in [0.717, 1.165) is 11.4 Å². The van der Waals surface area contributed by atoms with Gasteiger partial charge in [-0.25, -0.2) is 0 Å². The average Bonchev–Trinajstić information content (AvgIpc) is 2.57. The summed E-state index contributed by atoms with van der Waals surface area (Å²) in [7, 11) is 3.10. The Hall–Kier alpha value is -2.80. The highest BCUT2D eigenvalue weighted by Crippen LogP contribution is 2.27. The number of benzene rings is 2. The van der Waals surface area contributed by atoms with Crippen molar-refractivity contribution in [2.75, 3.05) is 19.5 Å². The molecule has 120 valence electrons. The zero-order valence-corrected chi connectivity index (χ0v) is 13.6. The van der Waals surface area contributed by atoms with Gasteiger partial charge in [-0.3, -0.25) is 5.43 Å². The van der Waals surface area contributed by atoms with Crippen LogP contribution >= 0.6 is 12.2 Å². The van der Waals surface area contributed by atoms with Crippen molar-refractivity contribution >= 4 is 29.2 Å². The van der Waals surface area contributed by atoms with Crippen LogP contribution in [-0.2, 0) is 0 Å². The van der Waals surface area contributed by atoms with Crippen molar-refractivity contribution < 1.29 is 14.6 Å². The lowest BCUT2D eigenvalue weighted by molar-refractivity contribution is 0.373. The fraction of sp³-hybridized carbons (Fsp3) is 0.125. The molecule has 0 spiro atoms. The Labute approximate surface area is 139 Å². The lowest BCUT2D eigenvalue weighted by Gasteiger charge is -2.08. The van der Waals surface area contributed by atoms with Gasteiger partial charge in [0.1, 0.15) is 5.75 Å². The third-order valence-corrected chi connectivity index (χ3v) is 3.16. The lowest BCUT2D eigenvalue weighted by Crippen LogP contribution is -2.23. The van der Waals surface area contributed by atoms with Gasteiger partial charge in [0.25, 0.3) is 0 Å². The van der Waals surface area contributed by atoms with Gasteiger partial charge < -0.3 is 19.9 Å². The van der Waals surface area contributed by atoms with Crippen LogP contribution < -0.4 is 20.2 Å². The normalized spacial score (nSPS) is 10.3. The molecule has 0 saturated heterocycles. The van der Waals surface area contributed by atoms with Crippen molar-refractivity contribution in [3.05, 3.63) is 48.0 Å². The molecule has 0 aliphatic carbocycles. The summed E-state index contributed by atoms with van der Waals surface area (Å²) in [5.74, 6) is 1.17. The van der Waals surface area contributed by atoms with Crippen LogP contribution in [-0.4, -0.2) is 30.7 Å². The molecule has 0 aromatic heterocycles. The first kappa shape index (κ1) is 16.6. The van der Waals surface area contributed by atoms with Crippen molar-refractivity contribution in [1.29, 1.82) is 0 Å². The van der Waals surface area contributed by atoms with Gasteiger partial charge in [0.05, 0.1) is 20.4 Å². The number of nitrogens with zero attached hydrogens (tertiary/aromatic N) is 1. The SMILES string of the molecule is COc1ccc(NC(=S)N/N=C/c2cccc(OC)c2O)cc1. The monoisotopic (exact) mass is 331 g/mol. The summed E-state index contributed by atoms with van der Waals surface area (Å²) >= 11 is 5.14. The zero-order chi connectivity index (χ0) is 16.7. The number of methoxy groups -OCH3 is 2. The molecule has 0 heterocycles. The van der Waals surface area contributed by atoms with Gasteiger partial charge in [-0.05, 0) is 48.6 Å². The van der Waals surface area contributed by atoms with E-state index in [0.29, 0.717) is 16.4 Å². The molecule has 0 unspecified atom stereocenters. The number of phenols is 1. The molecule has 0 atom stereocenters. The van der Waals surface area contributed by atoms with Crippen molar-refractivity contribution in [2.24, 2.45) is 5.10 Å². The van der Waals surface area contributed by atoms with Gasteiger partial charge in [0.15, 0.2) is 16.6 Å². The Bertz CT molecular complexity index is 702. The topological polar surface area (TPSA) is 75.1 Å². The van der Waals surface area contributed by atoms with Gasteiger partial charge in [0.2, 0.25) is 0 Å². The first-order valence-electron chi connectivity index (χ1n) is 6.74. The molecule has 0 fully saturated rings. The van der Waals surface area contributed by atoms with Gasteiger partial charge in [-0.1, -0.05) is 6.07 Å². The molecule has 0 amide bonds. The first-order valence-corrected chi connectivity index (χ1v) is 7.15. The summed E-state index contributed by atoms with van der Waals surface area (Å²) in [4.78, 5) is 0. The molecule has 2 aromatic carbocycles. The highest BCUT2D eigenvalue weighted by molar-refractivity contribution is 7.80. The molecule has 2 rings (SSSR count). The van der Waals surface area contributed by atoms with E-state index in [2.05, 4.69) is 15.8 Å². The van der Waals surface area contributed by atoms with E-state index in [1.165, 1.54) is 13.3 Å². The molecule has 2 aromatic rings.